The van der Waals surface area contributed by atoms with E-state index >= 15 is 0 Å². The third-order valence-corrected chi connectivity index (χ3v) is 3.44. The number of ether oxygens (including phenoxy) is 2. The smallest absolute Gasteiger partial charge is 0.314 e. The molecule has 0 atom stereocenters. The van der Waals surface area contributed by atoms with Crippen molar-refractivity contribution in [2.75, 3.05) is 14.2 Å². The predicted molar refractivity (Wildman–Crippen MR) is 63.1 cm³/mol. The summed E-state index contributed by atoms with van der Waals surface area (Å²) in [5.41, 5.74) is -0.209. The molecule has 0 saturated heterocycles. The maximum Gasteiger partial charge on any atom is 0.314 e. The molecule has 0 radical (unpaired) electrons. The van der Waals surface area contributed by atoms with Crippen molar-refractivity contribution < 1.29 is 19.4 Å². The number of hydrogen-bond acceptors (Lipinski definition) is 3. The van der Waals surface area contributed by atoms with Gasteiger partial charge in [0.15, 0.2) is 0 Å². The SMILES string of the molecule is COc1cc(OC)c(C2(C(=O)O)CC2)cc1Cl. The lowest BCUT2D eigenvalue weighted by molar-refractivity contribution is -0.140. The average molecular weight is 257 g/mol. The van der Waals surface area contributed by atoms with Crippen LogP contribution in [0.2, 0.25) is 5.02 Å². The van der Waals surface area contributed by atoms with Crippen molar-refractivity contribution in [1.29, 1.82) is 0 Å². The number of carboxylic acid groups (broad SMARTS) is 1. The molecule has 92 valence electrons. The van der Waals surface area contributed by atoms with E-state index in [9.17, 15) is 9.90 Å². The minimum Gasteiger partial charge on any atom is -0.496 e. The normalized spacial score (nSPS) is 16.4. The number of carboxylic acids is 1. The summed E-state index contributed by atoms with van der Waals surface area (Å²) in [4.78, 5) is 11.3. The van der Waals surface area contributed by atoms with Crippen molar-refractivity contribution in [2.45, 2.75) is 18.3 Å². The first-order valence-corrected chi connectivity index (χ1v) is 5.58. The maximum atomic E-state index is 11.3. The fraction of sp³-hybridized carbons (Fsp3) is 0.417. The summed E-state index contributed by atoms with van der Waals surface area (Å²) >= 11 is 6.02. The zero-order valence-electron chi connectivity index (χ0n) is 9.62. The van der Waals surface area contributed by atoms with E-state index in [4.69, 9.17) is 21.1 Å². The van der Waals surface area contributed by atoms with Crippen LogP contribution < -0.4 is 9.47 Å². The van der Waals surface area contributed by atoms with Crippen molar-refractivity contribution in [3.63, 3.8) is 0 Å². The summed E-state index contributed by atoms with van der Waals surface area (Å²) in [6.07, 6.45) is 1.22. The Bertz CT molecular complexity index is 466. The Balaban J connectivity index is 2.54. The van der Waals surface area contributed by atoms with Gasteiger partial charge in [-0.15, -0.1) is 0 Å². The van der Waals surface area contributed by atoms with Crippen LogP contribution in [0.1, 0.15) is 18.4 Å². The van der Waals surface area contributed by atoms with Crippen molar-refractivity contribution >= 4 is 17.6 Å². The second-order valence-electron chi connectivity index (χ2n) is 4.07. The van der Waals surface area contributed by atoms with Gasteiger partial charge in [0.2, 0.25) is 0 Å². The molecular weight excluding hydrogens is 244 g/mol. The van der Waals surface area contributed by atoms with Crippen molar-refractivity contribution in [3.05, 3.63) is 22.7 Å². The summed E-state index contributed by atoms with van der Waals surface area (Å²) < 4.78 is 10.3. The Morgan fingerprint density at radius 2 is 1.88 bits per heavy atom. The number of halogens is 1. The molecule has 0 bridgehead atoms. The zero-order valence-corrected chi connectivity index (χ0v) is 10.4. The van der Waals surface area contributed by atoms with Crippen LogP contribution in [-0.2, 0) is 10.2 Å². The third-order valence-electron chi connectivity index (χ3n) is 3.15. The van der Waals surface area contributed by atoms with Crippen molar-refractivity contribution in [3.8, 4) is 11.5 Å². The number of methoxy groups -OCH3 is 2. The molecule has 0 aromatic heterocycles. The van der Waals surface area contributed by atoms with Gasteiger partial charge >= 0.3 is 5.97 Å². The minimum absolute atomic E-state index is 0.399. The standard InChI is InChI=1S/C12H13ClO4/c1-16-9-6-10(17-2)8(13)5-7(9)12(3-4-12)11(14)15/h5-6H,3-4H2,1-2H3,(H,14,15). The molecule has 5 heteroatoms. The topological polar surface area (TPSA) is 55.8 Å². The van der Waals surface area contributed by atoms with Crippen molar-refractivity contribution in [1.82, 2.24) is 0 Å². The fourth-order valence-corrected chi connectivity index (χ4v) is 2.20. The Hall–Kier alpha value is -1.42. The molecule has 0 aliphatic heterocycles. The fourth-order valence-electron chi connectivity index (χ4n) is 1.96. The van der Waals surface area contributed by atoms with Crippen LogP contribution in [0.25, 0.3) is 0 Å². The van der Waals surface area contributed by atoms with Gasteiger partial charge in [-0.2, -0.15) is 0 Å². The maximum absolute atomic E-state index is 11.3. The van der Waals surface area contributed by atoms with E-state index in [1.165, 1.54) is 14.2 Å². The molecule has 1 aliphatic rings. The Labute approximate surface area is 104 Å². The molecule has 1 fully saturated rings. The van der Waals surface area contributed by atoms with Crippen LogP contribution in [0.4, 0.5) is 0 Å². The van der Waals surface area contributed by atoms with Gasteiger partial charge in [-0.25, -0.2) is 0 Å². The highest BCUT2D eigenvalue weighted by Gasteiger charge is 2.53. The van der Waals surface area contributed by atoms with Gasteiger partial charge in [0.1, 0.15) is 11.5 Å². The molecule has 1 saturated carbocycles. The second-order valence-corrected chi connectivity index (χ2v) is 4.48. The first-order valence-electron chi connectivity index (χ1n) is 5.20. The first kappa shape index (κ1) is 12.0. The quantitative estimate of drug-likeness (QED) is 0.899. The Morgan fingerprint density at radius 1 is 1.29 bits per heavy atom. The summed E-state index contributed by atoms with van der Waals surface area (Å²) in [5, 5.41) is 9.66. The predicted octanol–water partition coefficient (Wildman–Crippen LogP) is 2.47. The van der Waals surface area contributed by atoms with Crippen LogP contribution in [0, 0.1) is 0 Å². The minimum atomic E-state index is -0.836. The molecule has 1 N–H and O–H groups in total. The van der Waals surface area contributed by atoms with Gasteiger partial charge < -0.3 is 14.6 Å². The van der Waals surface area contributed by atoms with Gasteiger partial charge in [0, 0.05) is 11.6 Å². The van der Waals surface area contributed by atoms with Gasteiger partial charge in [0.05, 0.1) is 24.7 Å². The molecular formula is C12H13ClO4. The highest BCUT2D eigenvalue weighted by Crippen LogP contribution is 2.53. The zero-order chi connectivity index (χ0) is 12.6. The van der Waals surface area contributed by atoms with Crippen LogP contribution in [0.3, 0.4) is 0 Å². The number of aliphatic carboxylic acids is 1. The Kier molecular flexibility index (Phi) is 2.91. The van der Waals surface area contributed by atoms with E-state index in [0.29, 0.717) is 34.9 Å². The lowest BCUT2D eigenvalue weighted by Gasteiger charge is -2.16. The van der Waals surface area contributed by atoms with Gasteiger partial charge in [-0.1, -0.05) is 11.6 Å². The highest BCUT2D eigenvalue weighted by molar-refractivity contribution is 6.32. The van der Waals surface area contributed by atoms with E-state index in [0.717, 1.165) is 0 Å². The highest BCUT2D eigenvalue weighted by atomic mass is 35.5. The number of carbonyl (C=O) groups is 1. The van der Waals surface area contributed by atoms with Gasteiger partial charge in [-0.05, 0) is 18.9 Å². The summed E-state index contributed by atoms with van der Waals surface area (Å²) in [6.45, 7) is 0. The molecule has 1 aromatic carbocycles. The van der Waals surface area contributed by atoms with Crippen LogP contribution in [0.5, 0.6) is 11.5 Å². The summed E-state index contributed by atoms with van der Waals surface area (Å²) in [5.74, 6) is 0.150. The van der Waals surface area contributed by atoms with Gasteiger partial charge in [0.25, 0.3) is 0 Å². The number of benzene rings is 1. The second kappa shape index (κ2) is 4.11. The number of hydrogen-bond donors (Lipinski definition) is 1. The van der Waals surface area contributed by atoms with Gasteiger partial charge in [-0.3, -0.25) is 4.79 Å². The van der Waals surface area contributed by atoms with E-state index in [-0.39, 0.29) is 0 Å². The van der Waals surface area contributed by atoms with Crippen molar-refractivity contribution in [2.24, 2.45) is 0 Å². The molecule has 17 heavy (non-hydrogen) atoms. The molecule has 0 spiro atoms. The van der Waals surface area contributed by atoms with E-state index in [2.05, 4.69) is 0 Å². The van der Waals surface area contributed by atoms with Crippen LogP contribution in [0.15, 0.2) is 12.1 Å². The van der Waals surface area contributed by atoms with Crippen LogP contribution in [-0.4, -0.2) is 25.3 Å². The Morgan fingerprint density at radius 3 is 2.29 bits per heavy atom. The van der Waals surface area contributed by atoms with Crippen LogP contribution >= 0.6 is 11.6 Å². The molecule has 2 rings (SSSR count). The third kappa shape index (κ3) is 1.82. The first-order chi connectivity index (χ1) is 8.05. The largest absolute Gasteiger partial charge is 0.496 e. The van der Waals surface area contributed by atoms with E-state index in [1.807, 2.05) is 0 Å². The lowest BCUT2D eigenvalue weighted by Crippen LogP contribution is -2.20. The molecule has 4 nitrogen and oxygen atoms in total. The molecule has 1 aromatic rings. The number of rotatable bonds is 4. The average Bonchev–Trinajstić information content (AvgIpc) is 3.09. The summed E-state index contributed by atoms with van der Waals surface area (Å²) in [7, 11) is 3.01. The molecule has 0 heterocycles. The molecule has 0 amide bonds. The summed E-state index contributed by atoms with van der Waals surface area (Å²) in [6, 6.07) is 3.25. The lowest BCUT2D eigenvalue weighted by atomic mass is 9.95. The molecule has 0 unspecified atom stereocenters. The molecule has 1 aliphatic carbocycles. The van der Waals surface area contributed by atoms with E-state index < -0.39 is 11.4 Å². The monoisotopic (exact) mass is 256 g/mol. The van der Waals surface area contributed by atoms with E-state index in [1.54, 1.807) is 12.1 Å².